The molecule has 23 heavy (non-hydrogen) atoms. The number of nitrogens with one attached hydrogen (secondary N) is 2. The fourth-order valence-electron chi connectivity index (χ4n) is 2.37. The van der Waals surface area contributed by atoms with Gasteiger partial charge in [0, 0.05) is 6.54 Å². The first kappa shape index (κ1) is 16.9. The van der Waals surface area contributed by atoms with Crippen LogP contribution in [0, 0.1) is 13.8 Å². The Hall–Kier alpha value is -2.49. The van der Waals surface area contributed by atoms with Gasteiger partial charge in [0.05, 0.1) is 6.54 Å². The van der Waals surface area contributed by atoms with Gasteiger partial charge in [-0.3, -0.25) is 0 Å². The number of urea groups is 1. The van der Waals surface area contributed by atoms with Gasteiger partial charge in [-0.25, -0.2) is 4.79 Å². The summed E-state index contributed by atoms with van der Waals surface area (Å²) in [6.45, 7) is 5.59. The molecular formula is C19H24N2O2. The van der Waals surface area contributed by atoms with Crippen LogP contribution in [0.25, 0.3) is 0 Å². The van der Waals surface area contributed by atoms with Crippen LogP contribution in [0.1, 0.15) is 16.7 Å². The van der Waals surface area contributed by atoms with Crippen molar-refractivity contribution in [3.05, 3.63) is 65.2 Å². The van der Waals surface area contributed by atoms with Gasteiger partial charge >= 0.3 is 6.03 Å². The molecule has 0 unspecified atom stereocenters. The number of hydrogen-bond donors (Lipinski definition) is 2. The smallest absolute Gasteiger partial charge is 0.314 e. The summed E-state index contributed by atoms with van der Waals surface area (Å²) in [5, 5.41) is 5.65. The van der Waals surface area contributed by atoms with E-state index < -0.39 is 0 Å². The van der Waals surface area contributed by atoms with Crippen LogP contribution in [0.4, 0.5) is 4.79 Å². The molecule has 0 bridgehead atoms. The Morgan fingerprint density at radius 2 is 1.57 bits per heavy atom. The summed E-state index contributed by atoms with van der Waals surface area (Å²) < 4.78 is 5.75. The topological polar surface area (TPSA) is 50.4 Å². The van der Waals surface area contributed by atoms with E-state index in [1.54, 1.807) is 0 Å². The van der Waals surface area contributed by atoms with E-state index in [-0.39, 0.29) is 6.03 Å². The first-order valence-corrected chi connectivity index (χ1v) is 7.91. The van der Waals surface area contributed by atoms with Crippen LogP contribution >= 0.6 is 0 Å². The molecule has 0 saturated heterocycles. The first-order chi connectivity index (χ1) is 11.2. The van der Waals surface area contributed by atoms with Crippen LogP contribution in [-0.2, 0) is 6.42 Å². The minimum absolute atomic E-state index is 0.161. The van der Waals surface area contributed by atoms with Crippen molar-refractivity contribution in [3.8, 4) is 5.75 Å². The molecule has 0 aliphatic rings. The maximum Gasteiger partial charge on any atom is 0.314 e. The molecule has 0 aliphatic heterocycles. The van der Waals surface area contributed by atoms with Crippen molar-refractivity contribution in [2.24, 2.45) is 0 Å². The summed E-state index contributed by atoms with van der Waals surface area (Å²) in [7, 11) is 0. The molecule has 0 aromatic heterocycles. The van der Waals surface area contributed by atoms with Crippen LogP contribution < -0.4 is 15.4 Å². The lowest BCUT2D eigenvalue weighted by molar-refractivity contribution is 0.236. The molecule has 2 aromatic carbocycles. The Balaban J connectivity index is 1.61. The molecule has 2 N–H and O–H groups in total. The Morgan fingerprint density at radius 1 is 0.913 bits per heavy atom. The van der Waals surface area contributed by atoms with Crippen LogP contribution in [0.5, 0.6) is 5.75 Å². The zero-order chi connectivity index (χ0) is 16.5. The minimum Gasteiger partial charge on any atom is -0.491 e. The van der Waals surface area contributed by atoms with Crippen LogP contribution in [0.2, 0.25) is 0 Å². The summed E-state index contributed by atoms with van der Waals surface area (Å²) in [5.74, 6) is 0.902. The van der Waals surface area contributed by atoms with Gasteiger partial charge in [-0.15, -0.1) is 0 Å². The molecule has 0 spiro atoms. The van der Waals surface area contributed by atoms with Gasteiger partial charge in [0.1, 0.15) is 12.4 Å². The molecule has 0 saturated carbocycles. The standard InChI is InChI=1S/C19H24N2O2/c1-15-7-6-8-16(2)18(15)23-14-13-21-19(22)20-12-11-17-9-4-3-5-10-17/h3-10H,11-14H2,1-2H3,(H2,20,21,22). The maximum absolute atomic E-state index is 11.7. The van der Waals surface area contributed by atoms with E-state index in [1.165, 1.54) is 5.56 Å². The summed E-state index contributed by atoms with van der Waals surface area (Å²) in [6.07, 6.45) is 0.827. The summed E-state index contributed by atoms with van der Waals surface area (Å²) >= 11 is 0. The van der Waals surface area contributed by atoms with Gasteiger partial charge in [0.15, 0.2) is 0 Å². The van der Waals surface area contributed by atoms with Crippen molar-refractivity contribution in [3.63, 3.8) is 0 Å². The molecule has 0 fully saturated rings. The van der Waals surface area contributed by atoms with Crippen molar-refractivity contribution < 1.29 is 9.53 Å². The Kier molecular flexibility index (Phi) is 6.48. The SMILES string of the molecule is Cc1cccc(C)c1OCCNC(=O)NCCc1ccccc1. The van der Waals surface area contributed by atoms with E-state index in [9.17, 15) is 4.79 Å². The van der Waals surface area contributed by atoms with Gasteiger partial charge in [0.2, 0.25) is 0 Å². The summed E-state index contributed by atoms with van der Waals surface area (Å²) in [5.41, 5.74) is 3.43. The van der Waals surface area contributed by atoms with Gasteiger partial charge in [-0.1, -0.05) is 48.5 Å². The molecule has 4 heteroatoms. The van der Waals surface area contributed by atoms with Crippen LogP contribution in [-0.4, -0.2) is 25.7 Å². The number of para-hydroxylation sites is 1. The van der Waals surface area contributed by atoms with Crippen molar-refractivity contribution in [1.29, 1.82) is 0 Å². The molecule has 2 amide bonds. The van der Waals surface area contributed by atoms with Crippen molar-refractivity contribution in [1.82, 2.24) is 10.6 Å². The molecule has 0 heterocycles. The van der Waals surface area contributed by atoms with Gasteiger partial charge in [-0.05, 0) is 37.0 Å². The van der Waals surface area contributed by atoms with Crippen LogP contribution in [0.3, 0.4) is 0 Å². The fraction of sp³-hybridized carbons (Fsp3) is 0.316. The van der Waals surface area contributed by atoms with Crippen molar-refractivity contribution >= 4 is 6.03 Å². The number of carbonyl (C=O) groups is 1. The molecular weight excluding hydrogens is 288 g/mol. The number of amides is 2. The van der Waals surface area contributed by atoms with Gasteiger partial charge in [-0.2, -0.15) is 0 Å². The lowest BCUT2D eigenvalue weighted by Gasteiger charge is -2.12. The lowest BCUT2D eigenvalue weighted by Crippen LogP contribution is -2.38. The highest BCUT2D eigenvalue weighted by Gasteiger charge is 2.03. The van der Waals surface area contributed by atoms with Gasteiger partial charge in [0.25, 0.3) is 0 Å². The second-order valence-corrected chi connectivity index (χ2v) is 5.49. The third-order valence-corrected chi connectivity index (χ3v) is 3.58. The Bertz CT molecular complexity index is 606. The average molecular weight is 312 g/mol. The molecule has 0 radical (unpaired) electrons. The normalized spacial score (nSPS) is 10.2. The Morgan fingerprint density at radius 3 is 2.26 bits per heavy atom. The zero-order valence-electron chi connectivity index (χ0n) is 13.8. The second-order valence-electron chi connectivity index (χ2n) is 5.49. The minimum atomic E-state index is -0.161. The summed E-state index contributed by atoms with van der Waals surface area (Å²) in [4.78, 5) is 11.7. The van der Waals surface area contributed by atoms with E-state index in [2.05, 4.69) is 22.8 Å². The lowest BCUT2D eigenvalue weighted by atomic mass is 10.1. The van der Waals surface area contributed by atoms with Gasteiger partial charge < -0.3 is 15.4 Å². The number of hydrogen-bond acceptors (Lipinski definition) is 2. The number of benzene rings is 2. The van der Waals surface area contributed by atoms with Crippen molar-refractivity contribution in [2.45, 2.75) is 20.3 Å². The van der Waals surface area contributed by atoms with E-state index in [0.717, 1.165) is 23.3 Å². The monoisotopic (exact) mass is 312 g/mol. The Labute approximate surface area is 137 Å². The molecule has 2 rings (SSSR count). The van der Waals surface area contributed by atoms with Crippen LogP contribution in [0.15, 0.2) is 48.5 Å². The van der Waals surface area contributed by atoms with E-state index in [4.69, 9.17) is 4.74 Å². The highest BCUT2D eigenvalue weighted by Crippen LogP contribution is 2.21. The molecule has 4 nitrogen and oxygen atoms in total. The van der Waals surface area contributed by atoms with Crippen molar-refractivity contribution in [2.75, 3.05) is 19.7 Å². The number of aryl methyl sites for hydroxylation is 2. The largest absolute Gasteiger partial charge is 0.491 e. The number of ether oxygens (including phenoxy) is 1. The fourth-order valence-corrected chi connectivity index (χ4v) is 2.37. The number of carbonyl (C=O) groups excluding carboxylic acids is 1. The quantitative estimate of drug-likeness (QED) is 0.771. The first-order valence-electron chi connectivity index (χ1n) is 7.91. The highest BCUT2D eigenvalue weighted by atomic mass is 16.5. The van der Waals surface area contributed by atoms with E-state index in [0.29, 0.717) is 19.7 Å². The predicted octanol–water partition coefficient (Wildman–Crippen LogP) is 3.22. The third-order valence-electron chi connectivity index (χ3n) is 3.58. The molecule has 0 aliphatic carbocycles. The van der Waals surface area contributed by atoms with E-state index in [1.807, 2.05) is 50.2 Å². The molecule has 122 valence electrons. The van der Waals surface area contributed by atoms with E-state index >= 15 is 0 Å². The number of rotatable bonds is 7. The third kappa shape index (κ3) is 5.66. The zero-order valence-corrected chi connectivity index (χ0v) is 13.8. The predicted molar refractivity (Wildman–Crippen MR) is 93.0 cm³/mol. The highest BCUT2D eigenvalue weighted by molar-refractivity contribution is 5.73. The second kappa shape index (κ2) is 8.83. The summed E-state index contributed by atoms with van der Waals surface area (Å²) in [6, 6.07) is 16.0. The average Bonchev–Trinajstić information content (AvgIpc) is 2.55. The molecule has 0 atom stereocenters. The maximum atomic E-state index is 11.7. The molecule has 2 aromatic rings.